The zero-order chi connectivity index (χ0) is 39.8. The molecule has 2 bridgehead atoms. The Morgan fingerprint density at radius 2 is 1.82 bits per heavy atom. The Bertz CT molecular complexity index is 2270. The Morgan fingerprint density at radius 1 is 1.07 bits per heavy atom. The van der Waals surface area contributed by atoms with E-state index >= 15 is 17.6 Å². The molecule has 4 aliphatic heterocycles. The predicted molar refractivity (Wildman–Crippen MR) is 196 cm³/mol. The Labute approximate surface area is 320 Å². The van der Waals surface area contributed by atoms with Crippen LogP contribution in [0.25, 0.3) is 32.9 Å². The van der Waals surface area contributed by atoms with E-state index in [0.29, 0.717) is 23.3 Å². The largest absolute Gasteiger partial charge is 0.468 e. The van der Waals surface area contributed by atoms with E-state index in [1.54, 1.807) is 26.8 Å². The SMILES string of the molecule is C#Cc1c(F)ccc2cc(OCOC)cc(-c3ncc4c(N5C[C@]6(F)CC[C@](F)(C5)N6C(=O)OC(C)(C)C)nc(OC[C@@]56CCCN5C[C@H](F)C6)nc4c3F)c12. The van der Waals surface area contributed by atoms with Crippen LogP contribution in [0.5, 0.6) is 11.8 Å². The molecule has 0 N–H and O–H groups in total. The first-order valence-electron chi connectivity index (χ1n) is 18.5. The van der Waals surface area contributed by atoms with Crippen LogP contribution < -0.4 is 14.4 Å². The first-order chi connectivity index (χ1) is 26.6. The Kier molecular flexibility index (Phi) is 9.19. The van der Waals surface area contributed by atoms with Crippen LogP contribution in [0, 0.1) is 24.0 Å². The number of alkyl halides is 3. The smallest absolute Gasteiger partial charge is 0.415 e. The molecule has 56 heavy (non-hydrogen) atoms. The summed E-state index contributed by atoms with van der Waals surface area (Å²) in [4.78, 5) is 30.5. The second-order valence-corrected chi connectivity index (χ2v) is 16.1. The summed E-state index contributed by atoms with van der Waals surface area (Å²) < 4.78 is 103. The minimum Gasteiger partial charge on any atom is -0.468 e. The summed E-state index contributed by atoms with van der Waals surface area (Å²) in [5.41, 5.74) is -2.28. The number of hydrogen-bond acceptors (Lipinski definition) is 10. The molecule has 4 aliphatic rings. The molecule has 4 atom stereocenters. The third-order valence-electron chi connectivity index (χ3n) is 11.1. The number of hydrogen-bond donors (Lipinski definition) is 0. The van der Waals surface area contributed by atoms with Gasteiger partial charge in [-0.05, 0) is 63.7 Å². The molecule has 4 aromatic rings. The van der Waals surface area contributed by atoms with Crippen LogP contribution >= 0.6 is 0 Å². The lowest BCUT2D eigenvalue weighted by atomic mass is 9.95. The van der Waals surface area contributed by atoms with Crippen molar-refractivity contribution in [2.75, 3.05) is 51.6 Å². The fourth-order valence-corrected chi connectivity index (χ4v) is 8.80. The van der Waals surface area contributed by atoms with Gasteiger partial charge in [0, 0.05) is 50.1 Å². The van der Waals surface area contributed by atoms with Gasteiger partial charge in [0.05, 0.1) is 29.6 Å². The number of nitrogens with zero attached hydrogens (tertiary/aromatic N) is 6. The highest BCUT2D eigenvalue weighted by Gasteiger charge is 2.65. The normalized spacial score (nSPS) is 26.2. The molecule has 16 heteroatoms. The number of benzene rings is 2. The molecule has 6 heterocycles. The number of rotatable bonds is 8. The number of methoxy groups -OCH3 is 1. The lowest BCUT2D eigenvalue weighted by Gasteiger charge is -2.47. The van der Waals surface area contributed by atoms with Crippen LogP contribution in [0.2, 0.25) is 0 Å². The minimum absolute atomic E-state index is 0.0132. The molecule has 4 saturated heterocycles. The number of carbonyl (C=O) groups is 1. The maximum absolute atomic E-state index is 17.3. The summed E-state index contributed by atoms with van der Waals surface area (Å²) in [5.74, 6) is -4.21. The van der Waals surface area contributed by atoms with Crippen LogP contribution in [-0.2, 0) is 9.47 Å². The Hall–Kier alpha value is -5.01. The van der Waals surface area contributed by atoms with Crippen molar-refractivity contribution in [3.8, 4) is 35.4 Å². The number of amides is 1. The lowest BCUT2D eigenvalue weighted by molar-refractivity contribution is -0.115. The van der Waals surface area contributed by atoms with Gasteiger partial charge in [-0.1, -0.05) is 12.0 Å². The van der Waals surface area contributed by atoms with Crippen LogP contribution in [0.15, 0.2) is 30.5 Å². The monoisotopic (exact) mass is 780 g/mol. The topological polar surface area (TPSA) is 102 Å². The Balaban J connectivity index is 1.27. The molecule has 2 aromatic carbocycles. The number of pyridine rings is 1. The van der Waals surface area contributed by atoms with Crippen LogP contribution in [-0.4, -0.2) is 106 Å². The van der Waals surface area contributed by atoms with Crippen molar-refractivity contribution in [2.24, 2.45) is 0 Å². The average Bonchev–Trinajstić information content (AvgIpc) is 3.72. The van der Waals surface area contributed by atoms with Gasteiger partial charge in [-0.3, -0.25) is 9.88 Å². The highest BCUT2D eigenvalue weighted by atomic mass is 19.2. The second-order valence-electron chi connectivity index (χ2n) is 16.1. The first-order valence-corrected chi connectivity index (χ1v) is 18.5. The minimum atomic E-state index is -2.51. The molecular formula is C40H41F5N6O5. The highest BCUT2D eigenvalue weighted by molar-refractivity contribution is 6.03. The summed E-state index contributed by atoms with van der Waals surface area (Å²) >= 11 is 0. The molecule has 296 valence electrons. The van der Waals surface area contributed by atoms with Gasteiger partial charge >= 0.3 is 12.1 Å². The zero-order valence-corrected chi connectivity index (χ0v) is 31.4. The second kappa shape index (κ2) is 13.6. The molecule has 4 fully saturated rings. The average molecular weight is 781 g/mol. The third kappa shape index (κ3) is 6.38. The molecule has 0 spiro atoms. The van der Waals surface area contributed by atoms with E-state index in [4.69, 9.17) is 25.4 Å². The lowest BCUT2D eigenvalue weighted by Crippen LogP contribution is -2.66. The third-order valence-corrected chi connectivity index (χ3v) is 11.1. The van der Waals surface area contributed by atoms with E-state index in [1.807, 2.05) is 4.90 Å². The number of carbonyl (C=O) groups excluding carboxylic acids is 1. The van der Waals surface area contributed by atoms with Crippen molar-refractivity contribution in [3.05, 3.63) is 47.7 Å². The molecule has 11 nitrogen and oxygen atoms in total. The molecule has 0 unspecified atom stereocenters. The Morgan fingerprint density at radius 3 is 2.52 bits per heavy atom. The van der Waals surface area contributed by atoms with E-state index < -0.39 is 59.7 Å². The molecule has 8 rings (SSSR count). The summed E-state index contributed by atoms with van der Waals surface area (Å²) in [7, 11) is 1.43. The van der Waals surface area contributed by atoms with Crippen molar-refractivity contribution >= 4 is 33.6 Å². The van der Waals surface area contributed by atoms with E-state index in [9.17, 15) is 9.18 Å². The van der Waals surface area contributed by atoms with Gasteiger partial charge < -0.3 is 23.8 Å². The van der Waals surface area contributed by atoms with Crippen molar-refractivity contribution < 1.29 is 45.7 Å². The summed E-state index contributed by atoms with van der Waals surface area (Å²) in [6, 6.07) is 5.41. The standard InChI is InChI=1S/C40H41F5N6O5/c1-6-26-29(42)9-8-23-14-25(55-22-53-5)15-27(30(23)26)32-31(43)33-28(17-46-32)34(48-35(47-33)54-21-38-10-7-13-50(38)18-24(41)16-38)49-19-39(44)11-12-40(45,20-49)51(39)36(52)56-37(2,3)4/h1,8-9,14-15,17,24H,7,10-13,16,18-22H2,2-5H3/t24-,38+,39-,40+/m1/s1. The van der Waals surface area contributed by atoms with E-state index in [2.05, 4.69) is 20.9 Å². The predicted octanol–water partition coefficient (Wildman–Crippen LogP) is 7.22. The quantitative estimate of drug-likeness (QED) is 0.0789. The van der Waals surface area contributed by atoms with Crippen molar-refractivity contribution in [1.29, 1.82) is 0 Å². The number of terminal acetylenes is 1. The number of ether oxygens (including phenoxy) is 4. The van der Waals surface area contributed by atoms with Gasteiger partial charge in [-0.2, -0.15) is 9.97 Å². The van der Waals surface area contributed by atoms with E-state index in [1.165, 1.54) is 36.4 Å². The van der Waals surface area contributed by atoms with E-state index in [0.717, 1.165) is 6.42 Å². The molecule has 0 aliphatic carbocycles. The van der Waals surface area contributed by atoms with E-state index in [-0.39, 0.29) is 89.9 Å². The summed E-state index contributed by atoms with van der Waals surface area (Å²) in [6.45, 7) is 4.51. The fourth-order valence-electron chi connectivity index (χ4n) is 8.80. The van der Waals surface area contributed by atoms with Gasteiger partial charge in [0.25, 0.3) is 0 Å². The van der Waals surface area contributed by atoms with Gasteiger partial charge in [0.15, 0.2) is 12.6 Å². The number of aromatic nitrogens is 3. The number of fused-ring (bicyclic) bond motifs is 5. The van der Waals surface area contributed by atoms with Gasteiger partial charge in [0.2, 0.25) is 11.6 Å². The van der Waals surface area contributed by atoms with Gasteiger partial charge in [-0.15, -0.1) is 6.42 Å². The van der Waals surface area contributed by atoms with Crippen LogP contribution in [0.3, 0.4) is 0 Å². The number of piperazine rings is 1. The molecule has 2 aromatic heterocycles. The molecule has 0 saturated carbocycles. The maximum atomic E-state index is 17.3. The molecule has 0 radical (unpaired) electrons. The number of halogens is 5. The van der Waals surface area contributed by atoms with Crippen molar-refractivity contribution in [3.63, 3.8) is 0 Å². The van der Waals surface area contributed by atoms with Crippen molar-refractivity contribution in [2.45, 2.75) is 81.8 Å². The summed E-state index contributed by atoms with van der Waals surface area (Å²) in [5, 5.41) is 0.602. The van der Waals surface area contributed by atoms with Gasteiger partial charge in [-0.25, -0.2) is 31.6 Å². The maximum Gasteiger partial charge on any atom is 0.415 e. The van der Waals surface area contributed by atoms with Crippen LogP contribution in [0.1, 0.15) is 58.4 Å². The number of anilines is 1. The van der Waals surface area contributed by atoms with Crippen molar-refractivity contribution in [1.82, 2.24) is 24.8 Å². The molecule has 1 amide bonds. The van der Waals surface area contributed by atoms with Crippen LogP contribution in [0.4, 0.5) is 32.6 Å². The van der Waals surface area contributed by atoms with Gasteiger partial charge in [0.1, 0.15) is 47.0 Å². The fraction of sp³-hybridized carbons (Fsp3) is 0.500. The zero-order valence-electron chi connectivity index (χ0n) is 31.4. The summed E-state index contributed by atoms with van der Waals surface area (Å²) in [6.07, 6.45) is 5.92. The highest BCUT2D eigenvalue weighted by Crippen LogP contribution is 2.50. The first kappa shape index (κ1) is 37.9. The molecular weight excluding hydrogens is 739 g/mol.